The molecule has 0 heterocycles. The lowest BCUT2D eigenvalue weighted by Gasteiger charge is -2.10. The predicted molar refractivity (Wildman–Crippen MR) is 68.1 cm³/mol. The zero-order valence-corrected chi connectivity index (χ0v) is 11.7. The average Bonchev–Trinajstić information content (AvgIpc) is 2.49. The first-order chi connectivity index (χ1) is 9.04. The van der Waals surface area contributed by atoms with Crippen molar-refractivity contribution in [3.8, 4) is 0 Å². The number of sulfone groups is 1. The van der Waals surface area contributed by atoms with Gasteiger partial charge in [-0.25, -0.2) is 8.42 Å². The van der Waals surface area contributed by atoms with Crippen molar-refractivity contribution in [2.24, 2.45) is 5.92 Å². The molecule has 0 aliphatic heterocycles. The highest BCUT2D eigenvalue weighted by Crippen LogP contribution is 2.21. The number of hydrogen-bond acceptors (Lipinski definition) is 3. The second kappa shape index (κ2) is 5.82. The first-order valence-corrected chi connectivity index (χ1v) is 7.63. The number of rotatable bonds is 3. The zero-order valence-electron chi connectivity index (χ0n) is 10.9. The molecule has 0 aromatic carbocycles. The van der Waals surface area contributed by atoms with Crippen LogP contribution in [0, 0.1) is 5.92 Å². The van der Waals surface area contributed by atoms with Crippen LogP contribution in [0.3, 0.4) is 0 Å². The van der Waals surface area contributed by atoms with Crippen molar-refractivity contribution >= 4 is 15.7 Å². The Morgan fingerprint density at radius 2 is 1.90 bits per heavy atom. The van der Waals surface area contributed by atoms with E-state index in [1.165, 1.54) is 18.2 Å². The third kappa shape index (κ3) is 4.52. The highest BCUT2D eigenvalue weighted by molar-refractivity contribution is 7.94. The van der Waals surface area contributed by atoms with Crippen LogP contribution in [0.25, 0.3) is 0 Å². The number of allylic oxidation sites excluding steroid dienone is 4. The van der Waals surface area contributed by atoms with Crippen LogP contribution in [0.5, 0.6) is 0 Å². The van der Waals surface area contributed by atoms with Crippen molar-refractivity contribution in [3.63, 3.8) is 0 Å². The van der Waals surface area contributed by atoms with E-state index in [0.717, 1.165) is 12.3 Å². The molecule has 1 aliphatic rings. The molecular weight excluding hydrogens is 295 g/mol. The second-order valence-corrected chi connectivity index (χ2v) is 6.34. The van der Waals surface area contributed by atoms with E-state index in [9.17, 15) is 26.4 Å². The Morgan fingerprint density at radius 1 is 1.30 bits per heavy atom. The summed E-state index contributed by atoms with van der Waals surface area (Å²) >= 11 is 0. The van der Waals surface area contributed by atoms with E-state index in [4.69, 9.17) is 0 Å². The van der Waals surface area contributed by atoms with Gasteiger partial charge < -0.3 is 5.32 Å². The van der Waals surface area contributed by atoms with E-state index in [1.807, 2.05) is 0 Å². The molecule has 0 saturated carbocycles. The number of hydrogen-bond donors (Lipinski definition) is 1. The van der Waals surface area contributed by atoms with Gasteiger partial charge in [-0.15, -0.1) is 0 Å². The molecule has 8 heteroatoms. The third-order valence-corrected chi connectivity index (χ3v) is 3.74. The Labute approximate surface area is 115 Å². The summed E-state index contributed by atoms with van der Waals surface area (Å²) in [5.41, 5.74) is -0.0749. The van der Waals surface area contributed by atoms with Crippen molar-refractivity contribution in [2.75, 3.05) is 6.26 Å². The van der Waals surface area contributed by atoms with Crippen molar-refractivity contribution < 1.29 is 26.4 Å². The Kier molecular flexibility index (Phi) is 4.80. The van der Waals surface area contributed by atoms with Gasteiger partial charge in [-0.05, 0) is 24.5 Å². The topological polar surface area (TPSA) is 63.2 Å². The fraction of sp³-hybridized carbons (Fsp3) is 0.417. The molecule has 20 heavy (non-hydrogen) atoms. The molecule has 4 nitrogen and oxygen atoms in total. The number of amides is 1. The minimum Gasteiger partial charge on any atom is -0.319 e. The second-order valence-electron chi connectivity index (χ2n) is 4.32. The molecule has 1 unspecified atom stereocenters. The van der Waals surface area contributed by atoms with Crippen molar-refractivity contribution in [2.45, 2.75) is 19.5 Å². The van der Waals surface area contributed by atoms with Crippen molar-refractivity contribution in [3.05, 3.63) is 34.9 Å². The van der Waals surface area contributed by atoms with Crippen LogP contribution in [0.1, 0.15) is 13.3 Å². The van der Waals surface area contributed by atoms with Gasteiger partial charge in [-0.1, -0.05) is 19.1 Å². The van der Waals surface area contributed by atoms with Crippen LogP contribution in [0.15, 0.2) is 34.9 Å². The quantitative estimate of drug-likeness (QED) is 0.868. The Balaban J connectivity index is 3.03. The number of alkyl halides is 3. The van der Waals surface area contributed by atoms with Gasteiger partial charge in [-0.2, -0.15) is 13.2 Å². The maximum atomic E-state index is 12.2. The summed E-state index contributed by atoms with van der Waals surface area (Å²) in [6, 6.07) is 0. The van der Waals surface area contributed by atoms with Gasteiger partial charge >= 0.3 is 12.1 Å². The monoisotopic (exact) mass is 309 g/mol. The summed E-state index contributed by atoms with van der Waals surface area (Å²) in [6.07, 6.45) is 1.66. The van der Waals surface area contributed by atoms with Gasteiger partial charge in [0.2, 0.25) is 0 Å². The van der Waals surface area contributed by atoms with Gasteiger partial charge in [0.1, 0.15) is 0 Å². The van der Waals surface area contributed by atoms with Gasteiger partial charge in [0.25, 0.3) is 0 Å². The lowest BCUT2D eigenvalue weighted by atomic mass is 10.1. The summed E-state index contributed by atoms with van der Waals surface area (Å²) in [6.45, 7) is 1.76. The molecule has 1 amide bonds. The molecule has 1 N–H and O–H groups in total. The van der Waals surface area contributed by atoms with Crippen molar-refractivity contribution in [1.29, 1.82) is 0 Å². The van der Waals surface area contributed by atoms with Crippen LogP contribution in [-0.2, 0) is 14.6 Å². The molecule has 0 radical (unpaired) electrons. The largest absolute Gasteiger partial charge is 0.471 e. The third-order valence-electron chi connectivity index (χ3n) is 2.61. The lowest BCUT2D eigenvalue weighted by Crippen LogP contribution is -2.35. The summed E-state index contributed by atoms with van der Waals surface area (Å²) in [5.74, 6) is -2.47. The molecule has 0 aromatic rings. The number of carbonyl (C=O) groups excluding carboxylic acids is 1. The minimum atomic E-state index is -4.99. The summed E-state index contributed by atoms with van der Waals surface area (Å²) < 4.78 is 59.5. The van der Waals surface area contributed by atoms with Gasteiger partial charge in [0.15, 0.2) is 9.84 Å². The average molecular weight is 309 g/mol. The standard InChI is InChI=1S/C12H14F3NO3S/c1-3-8-6-9(16-11(17)12(13,14)15)4-5-10(7-8)20(2,18)19/h4-8H,3H2,1-2H3,(H,16,17). The Bertz CT molecular complexity index is 586. The summed E-state index contributed by atoms with van der Waals surface area (Å²) in [5, 5.41) is 1.72. The van der Waals surface area contributed by atoms with Gasteiger partial charge in [-0.3, -0.25) is 4.79 Å². The van der Waals surface area contributed by atoms with E-state index in [-0.39, 0.29) is 16.5 Å². The van der Waals surface area contributed by atoms with Crippen molar-refractivity contribution in [1.82, 2.24) is 5.32 Å². The number of halogens is 3. The lowest BCUT2D eigenvalue weighted by molar-refractivity contribution is -0.172. The van der Waals surface area contributed by atoms with Crippen LogP contribution in [0.2, 0.25) is 0 Å². The van der Waals surface area contributed by atoms with E-state index < -0.39 is 21.9 Å². The molecule has 0 spiro atoms. The highest BCUT2D eigenvalue weighted by atomic mass is 32.2. The van der Waals surface area contributed by atoms with Gasteiger partial charge in [0.05, 0.1) is 4.91 Å². The van der Waals surface area contributed by atoms with Crippen LogP contribution < -0.4 is 5.32 Å². The zero-order chi connectivity index (χ0) is 15.6. The normalized spacial score (nSPS) is 19.9. The number of carbonyl (C=O) groups is 1. The minimum absolute atomic E-state index is 0.0110. The summed E-state index contributed by atoms with van der Waals surface area (Å²) in [4.78, 5) is 10.9. The SMILES string of the molecule is CCC1C=C(NC(=O)C(F)(F)F)C=CC(S(C)(=O)=O)=C1. The molecule has 0 bridgehead atoms. The molecule has 0 saturated heterocycles. The van der Waals surface area contributed by atoms with E-state index in [0.29, 0.717) is 6.42 Å². The maximum absolute atomic E-state index is 12.2. The van der Waals surface area contributed by atoms with E-state index in [2.05, 4.69) is 0 Å². The first kappa shape index (κ1) is 16.5. The molecular formula is C12H14F3NO3S. The van der Waals surface area contributed by atoms with Crippen LogP contribution in [-0.4, -0.2) is 26.8 Å². The molecule has 0 fully saturated rings. The first-order valence-electron chi connectivity index (χ1n) is 5.74. The van der Waals surface area contributed by atoms with Crippen LogP contribution in [0.4, 0.5) is 13.2 Å². The molecule has 1 rings (SSSR count). The fourth-order valence-corrected chi connectivity index (χ4v) is 2.28. The van der Waals surface area contributed by atoms with E-state index in [1.54, 1.807) is 12.2 Å². The van der Waals surface area contributed by atoms with Crippen LogP contribution >= 0.6 is 0 Å². The Morgan fingerprint density at radius 3 is 2.35 bits per heavy atom. The Hall–Kier alpha value is -1.57. The molecule has 0 aromatic heterocycles. The van der Waals surface area contributed by atoms with E-state index >= 15 is 0 Å². The molecule has 1 aliphatic carbocycles. The molecule has 1 atom stereocenters. The predicted octanol–water partition coefficient (Wildman–Crippen LogP) is 2.07. The molecule has 112 valence electrons. The number of nitrogens with one attached hydrogen (secondary N) is 1. The summed E-state index contributed by atoms with van der Waals surface area (Å²) in [7, 11) is -3.47. The van der Waals surface area contributed by atoms with Gasteiger partial charge in [0, 0.05) is 12.0 Å². The maximum Gasteiger partial charge on any atom is 0.471 e. The smallest absolute Gasteiger partial charge is 0.319 e. The highest BCUT2D eigenvalue weighted by Gasteiger charge is 2.38. The fourth-order valence-electron chi connectivity index (χ4n) is 1.54.